The third kappa shape index (κ3) is 2.29. The van der Waals surface area contributed by atoms with E-state index in [9.17, 15) is 4.39 Å². The first kappa shape index (κ1) is 12.8. The molecule has 2 aromatic rings. The Morgan fingerprint density at radius 1 is 1.00 bits per heavy atom. The highest BCUT2D eigenvalue weighted by Gasteiger charge is 2.25. The van der Waals surface area contributed by atoms with E-state index in [1.165, 1.54) is 17.7 Å². The predicted octanol–water partition coefficient (Wildman–Crippen LogP) is 3.66. The van der Waals surface area contributed by atoms with Crippen LogP contribution in [0.2, 0.25) is 0 Å². The molecule has 0 radical (unpaired) electrons. The van der Waals surface area contributed by atoms with E-state index in [1.807, 2.05) is 20.8 Å². The van der Waals surface area contributed by atoms with Crippen LogP contribution in [0.3, 0.4) is 0 Å². The highest BCUT2D eigenvalue weighted by atomic mass is 19.1. The Morgan fingerprint density at radius 2 is 1.61 bits per heavy atom. The van der Waals surface area contributed by atoms with Crippen LogP contribution in [-0.2, 0) is 5.54 Å². The molecule has 1 unspecified atom stereocenters. The van der Waals surface area contributed by atoms with Crippen LogP contribution in [0.25, 0.3) is 0 Å². The first-order valence-electron chi connectivity index (χ1n) is 6.04. The van der Waals surface area contributed by atoms with Crippen LogP contribution < -0.4 is 5.73 Å². The molecule has 2 N–H and O–H groups in total. The summed E-state index contributed by atoms with van der Waals surface area (Å²) in [4.78, 5) is 0. The SMILES string of the molecule is Cc1ccc(C)c(C(C)(N)c2ccc(F)cc2)c1. The molecule has 2 heteroatoms. The van der Waals surface area contributed by atoms with E-state index in [0.717, 1.165) is 16.7 Å². The first-order valence-corrected chi connectivity index (χ1v) is 6.04. The lowest BCUT2D eigenvalue weighted by Crippen LogP contribution is -2.35. The molecule has 1 atom stereocenters. The number of hydrogen-bond donors (Lipinski definition) is 1. The van der Waals surface area contributed by atoms with Crippen molar-refractivity contribution in [2.45, 2.75) is 26.3 Å². The van der Waals surface area contributed by atoms with Crippen molar-refractivity contribution in [3.05, 3.63) is 70.5 Å². The van der Waals surface area contributed by atoms with Crippen LogP contribution in [0.5, 0.6) is 0 Å². The molecule has 0 fully saturated rings. The molecule has 0 aliphatic heterocycles. The zero-order valence-electron chi connectivity index (χ0n) is 11.0. The summed E-state index contributed by atoms with van der Waals surface area (Å²) in [5, 5.41) is 0. The second-order valence-electron chi connectivity index (χ2n) is 5.03. The highest BCUT2D eigenvalue weighted by Crippen LogP contribution is 2.29. The molecule has 0 aliphatic carbocycles. The van der Waals surface area contributed by atoms with E-state index in [4.69, 9.17) is 5.73 Å². The van der Waals surface area contributed by atoms with Crippen molar-refractivity contribution in [2.24, 2.45) is 5.73 Å². The smallest absolute Gasteiger partial charge is 0.123 e. The van der Waals surface area contributed by atoms with Crippen molar-refractivity contribution in [3.63, 3.8) is 0 Å². The van der Waals surface area contributed by atoms with E-state index in [0.29, 0.717) is 0 Å². The van der Waals surface area contributed by atoms with Gasteiger partial charge in [0.15, 0.2) is 0 Å². The summed E-state index contributed by atoms with van der Waals surface area (Å²) >= 11 is 0. The van der Waals surface area contributed by atoms with Gasteiger partial charge in [-0.1, -0.05) is 35.9 Å². The largest absolute Gasteiger partial charge is 0.318 e. The lowest BCUT2D eigenvalue weighted by Gasteiger charge is -2.28. The van der Waals surface area contributed by atoms with E-state index in [2.05, 4.69) is 18.2 Å². The molecular weight excluding hydrogens is 225 g/mol. The summed E-state index contributed by atoms with van der Waals surface area (Å²) in [6.07, 6.45) is 0. The minimum Gasteiger partial charge on any atom is -0.318 e. The fourth-order valence-electron chi connectivity index (χ4n) is 2.25. The Labute approximate surface area is 107 Å². The molecule has 94 valence electrons. The van der Waals surface area contributed by atoms with Crippen LogP contribution in [0, 0.1) is 19.7 Å². The standard InChI is InChI=1S/C16H18FN/c1-11-4-5-12(2)15(10-11)16(3,18)13-6-8-14(17)9-7-13/h4-10H,18H2,1-3H3. The average molecular weight is 243 g/mol. The molecule has 18 heavy (non-hydrogen) atoms. The summed E-state index contributed by atoms with van der Waals surface area (Å²) in [7, 11) is 0. The molecule has 0 spiro atoms. The monoisotopic (exact) mass is 243 g/mol. The average Bonchev–Trinajstić information content (AvgIpc) is 2.32. The molecular formula is C16H18FN. The Morgan fingerprint density at radius 3 is 2.22 bits per heavy atom. The molecule has 0 saturated carbocycles. The van der Waals surface area contributed by atoms with Crippen LogP contribution in [0.15, 0.2) is 42.5 Å². The molecule has 2 rings (SSSR count). The van der Waals surface area contributed by atoms with Crippen molar-refractivity contribution < 1.29 is 4.39 Å². The van der Waals surface area contributed by atoms with Crippen LogP contribution >= 0.6 is 0 Å². The topological polar surface area (TPSA) is 26.0 Å². The zero-order chi connectivity index (χ0) is 13.3. The van der Waals surface area contributed by atoms with E-state index >= 15 is 0 Å². The van der Waals surface area contributed by atoms with Gasteiger partial charge >= 0.3 is 0 Å². The van der Waals surface area contributed by atoms with Crippen LogP contribution in [0.1, 0.15) is 29.2 Å². The maximum Gasteiger partial charge on any atom is 0.123 e. The summed E-state index contributed by atoms with van der Waals surface area (Å²) < 4.78 is 13.0. The normalized spacial score (nSPS) is 14.3. The predicted molar refractivity (Wildman–Crippen MR) is 73.0 cm³/mol. The van der Waals surface area contributed by atoms with Crippen molar-refractivity contribution in [3.8, 4) is 0 Å². The van der Waals surface area contributed by atoms with Gasteiger partial charge in [0.05, 0.1) is 5.54 Å². The molecule has 1 nitrogen and oxygen atoms in total. The molecule has 2 aromatic carbocycles. The number of hydrogen-bond acceptors (Lipinski definition) is 1. The number of benzene rings is 2. The van der Waals surface area contributed by atoms with Crippen molar-refractivity contribution in [1.29, 1.82) is 0 Å². The van der Waals surface area contributed by atoms with Gasteiger partial charge in [0.25, 0.3) is 0 Å². The maximum atomic E-state index is 13.0. The maximum absolute atomic E-state index is 13.0. The van der Waals surface area contributed by atoms with Crippen molar-refractivity contribution in [2.75, 3.05) is 0 Å². The number of rotatable bonds is 2. The van der Waals surface area contributed by atoms with Gasteiger partial charge in [-0.15, -0.1) is 0 Å². The molecule has 0 aliphatic rings. The Balaban J connectivity index is 2.53. The third-order valence-corrected chi connectivity index (χ3v) is 3.40. The molecule has 0 amide bonds. The molecule has 0 heterocycles. The van der Waals surface area contributed by atoms with Crippen LogP contribution in [-0.4, -0.2) is 0 Å². The lowest BCUT2D eigenvalue weighted by atomic mass is 9.82. The Kier molecular flexibility index (Phi) is 3.22. The third-order valence-electron chi connectivity index (χ3n) is 3.40. The van der Waals surface area contributed by atoms with Gasteiger partial charge in [0.2, 0.25) is 0 Å². The van der Waals surface area contributed by atoms with Gasteiger partial charge < -0.3 is 5.73 Å². The number of aryl methyl sites for hydroxylation is 2. The van der Waals surface area contributed by atoms with Gasteiger partial charge in [-0.25, -0.2) is 4.39 Å². The van der Waals surface area contributed by atoms with Crippen molar-refractivity contribution >= 4 is 0 Å². The summed E-state index contributed by atoms with van der Waals surface area (Å²) in [6.45, 7) is 6.05. The van der Waals surface area contributed by atoms with Gasteiger partial charge in [-0.3, -0.25) is 0 Å². The second kappa shape index (κ2) is 4.54. The molecule has 0 bridgehead atoms. The van der Waals surface area contributed by atoms with E-state index in [-0.39, 0.29) is 5.82 Å². The minimum atomic E-state index is -0.607. The van der Waals surface area contributed by atoms with Gasteiger partial charge in [0, 0.05) is 0 Å². The van der Waals surface area contributed by atoms with E-state index < -0.39 is 5.54 Å². The quantitative estimate of drug-likeness (QED) is 0.855. The fourth-order valence-corrected chi connectivity index (χ4v) is 2.25. The van der Waals surface area contributed by atoms with Gasteiger partial charge in [0.1, 0.15) is 5.82 Å². The van der Waals surface area contributed by atoms with E-state index in [1.54, 1.807) is 12.1 Å². The second-order valence-corrected chi connectivity index (χ2v) is 5.03. The van der Waals surface area contributed by atoms with Crippen molar-refractivity contribution in [1.82, 2.24) is 0 Å². The minimum absolute atomic E-state index is 0.240. The summed E-state index contributed by atoms with van der Waals surface area (Å²) in [5.74, 6) is -0.240. The highest BCUT2D eigenvalue weighted by molar-refractivity contribution is 5.43. The summed E-state index contributed by atoms with van der Waals surface area (Å²) in [5.41, 5.74) is 10.2. The lowest BCUT2D eigenvalue weighted by molar-refractivity contribution is 0.589. The first-order chi connectivity index (χ1) is 8.41. The number of halogens is 1. The Bertz CT molecular complexity index is 556. The molecule has 0 saturated heterocycles. The zero-order valence-corrected chi connectivity index (χ0v) is 11.0. The fraction of sp³-hybridized carbons (Fsp3) is 0.250. The Hall–Kier alpha value is -1.67. The molecule has 0 aromatic heterocycles. The van der Waals surface area contributed by atoms with Gasteiger partial charge in [-0.2, -0.15) is 0 Å². The summed E-state index contributed by atoms with van der Waals surface area (Å²) in [6, 6.07) is 12.6. The van der Waals surface area contributed by atoms with Crippen LogP contribution in [0.4, 0.5) is 4.39 Å². The van der Waals surface area contributed by atoms with Gasteiger partial charge in [-0.05, 0) is 49.6 Å². The number of nitrogens with two attached hydrogens (primary N) is 1.